The first-order valence-corrected chi connectivity index (χ1v) is 6.60. The Kier molecular flexibility index (Phi) is 5.15. The molecule has 1 unspecified atom stereocenters. The summed E-state index contributed by atoms with van der Waals surface area (Å²) in [5, 5.41) is 6.12. The van der Waals surface area contributed by atoms with Crippen molar-refractivity contribution in [3.05, 3.63) is 24.3 Å². The SMILES string of the molecule is O=C(CC1CCCN1)Nc1cccc(OCCF)c1. The van der Waals surface area contributed by atoms with E-state index in [1.165, 1.54) is 0 Å². The molecule has 0 spiro atoms. The van der Waals surface area contributed by atoms with Crippen molar-refractivity contribution in [2.75, 3.05) is 25.1 Å². The van der Waals surface area contributed by atoms with Gasteiger partial charge in [-0.3, -0.25) is 4.79 Å². The van der Waals surface area contributed by atoms with E-state index < -0.39 is 6.67 Å². The summed E-state index contributed by atoms with van der Waals surface area (Å²) in [5.41, 5.74) is 0.680. The molecule has 1 aliphatic rings. The molecule has 2 N–H and O–H groups in total. The number of hydrogen-bond donors (Lipinski definition) is 2. The summed E-state index contributed by atoms with van der Waals surface area (Å²) in [6.45, 7) is 0.498. The average Bonchev–Trinajstić information content (AvgIpc) is 2.89. The van der Waals surface area contributed by atoms with Gasteiger partial charge in [-0.2, -0.15) is 0 Å². The molecule has 0 radical (unpaired) electrons. The molecule has 0 bridgehead atoms. The number of ether oxygens (including phenoxy) is 1. The van der Waals surface area contributed by atoms with Crippen LogP contribution in [0.3, 0.4) is 0 Å². The van der Waals surface area contributed by atoms with E-state index in [4.69, 9.17) is 4.74 Å². The second kappa shape index (κ2) is 7.09. The molecule has 1 aromatic carbocycles. The molecule has 4 nitrogen and oxygen atoms in total. The number of carbonyl (C=O) groups excluding carboxylic acids is 1. The molecule has 1 amide bonds. The molecule has 104 valence electrons. The van der Waals surface area contributed by atoms with E-state index in [9.17, 15) is 9.18 Å². The van der Waals surface area contributed by atoms with Crippen LogP contribution in [0.25, 0.3) is 0 Å². The van der Waals surface area contributed by atoms with E-state index in [0.717, 1.165) is 19.4 Å². The van der Waals surface area contributed by atoms with E-state index in [1.807, 2.05) is 0 Å². The standard InChI is InChI=1S/C14H19FN2O2/c15-6-8-19-13-5-1-3-12(9-13)17-14(18)10-11-4-2-7-16-11/h1,3,5,9,11,16H,2,4,6-8,10H2,(H,17,18). The number of alkyl halides is 1. The third kappa shape index (κ3) is 4.52. The van der Waals surface area contributed by atoms with Gasteiger partial charge in [0.15, 0.2) is 0 Å². The van der Waals surface area contributed by atoms with Gasteiger partial charge in [0.1, 0.15) is 19.0 Å². The number of halogens is 1. The predicted molar refractivity (Wildman–Crippen MR) is 72.2 cm³/mol. The number of anilines is 1. The Morgan fingerprint density at radius 1 is 1.53 bits per heavy atom. The van der Waals surface area contributed by atoms with Crippen molar-refractivity contribution in [1.82, 2.24) is 5.32 Å². The highest BCUT2D eigenvalue weighted by Gasteiger charge is 2.17. The van der Waals surface area contributed by atoms with E-state index >= 15 is 0 Å². The molecule has 0 aliphatic carbocycles. The van der Waals surface area contributed by atoms with Crippen LogP contribution in [0, 0.1) is 0 Å². The third-order valence-electron chi connectivity index (χ3n) is 3.06. The van der Waals surface area contributed by atoms with E-state index in [1.54, 1.807) is 24.3 Å². The number of rotatable bonds is 6. The van der Waals surface area contributed by atoms with E-state index in [-0.39, 0.29) is 18.6 Å². The second-order valence-electron chi connectivity index (χ2n) is 4.61. The molecule has 1 fully saturated rings. The Bertz CT molecular complexity index is 420. The summed E-state index contributed by atoms with van der Waals surface area (Å²) in [7, 11) is 0. The second-order valence-corrected chi connectivity index (χ2v) is 4.61. The first-order chi connectivity index (χ1) is 9.28. The highest BCUT2D eigenvalue weighted by Crippen LogP contribution is 2.18. The van der Waals surface area contributed by atoms with Crippen LogP contribution in [0.5, 0.6) is 5.75 Å². The van der Waals surface area contributed by atoms with E-state index in [2.05, 4.69) is 10.6 Å². The summed E-state index contributed by atoms with van der Waals surface area (Å²) in [6.07, 6.45) is 2.66. The first-order valence-electron chi connectivity index (χ1n) is 6.60. The van der Waals surface area contributed by atoms with Crippen molar-refractivity contribution in [2.24, 2.45) is 0 Å². The lowest BCUT2D eigenvalue weighted by Crippen LogP contribution is -2.27. The lowest BCUT2D eigenvalue weighted by molar-refractivity contribution is -0.116. The quantitative estimate of drug-likeness (QED) is 0.829. The highest BCUT2D eigenvalue weighted by atomic mass is 19.1. The maximum atomic E-state index is 12.0. The van der Waals surface area contributed by atoms with Gasteiger partial charge in [0.05, 0.1) is 0 Å². The molecule has 1 saturated heterocycles. The van der Waals surface area contributed by atoms with Gasteiger partial charge in [-0.15, -0.1) is 0 Å². The van der Waals surface area contributed by atoms with Crippen LogP contribution in [0.15, 0.2) is 24.3 Å². The summed E-state index contributed by atoms with van der Waals surface area (Å²) < 4.78 is 17.2. The summed E-state index contributed by atoms with van der Waals surface area (Å²) in [6, 6.07) is 7.30. The van der Waals surface area contributed by atoms with Crippen molar-refractivity contribution in [3.8, 4) is 5.75 Å². The van der Waals surface area contributed by atoms with E-state index in [0.29, 0.717) is 17.9 Å². The molecule has 1 atom stereocenters. The number of hydrogen-bond acceptors (Lipinski definition) is 3. The van der Waals surface area contributed by atoms with Crippen LogP contribution < -0.4 is 15.4 Å². The largest absolute Gasteiger partial charge is 0.491 e. The summed E-state index contributed by atoms with van der Waals surface area (Å²) in [4.78, 5) is 11.8. The monoisotopic (exact) mass is 266 g/mol. The maximum absolute atomic E-state index is 12.0. The fraction of sp³-hybridized carbons (Fsp3) is 0.500. The van der Waals surface area contributed by atoms with Gasteiger partial charge in [-0.25, -0.2) is 4.39 Å². The number of nitrogens with one attached hydrogen (secondary N) is 2. The Balaban J connectivity index is 1.85. The molecule has 0 aromatic heterocycles. The lowest BCUT2D eigenvalue weighted by atomic mass is 10.1. The lowest BCUT2D eigenvalue weighted by Gasteiger charge is -2.11. The van der Waals surface area contributed by atoms with Crippen molar-refractivity contribution >= 4 is 11.6 Å². The zero-order valence-corrected chi connectivity index (χ0v) is 10.8. The minimum absolute atomic E-state index is 0.0120. The Morgan fingerprint density at radius 3 is 3.16 bits per heavy atom. The van der Waals surface area contributed by atoms with Crippen LogP contribution in [0.1, 0.15) is 19.3 Å². The minimum Gasteiger partial charge on any atom is -0.491 e. The molecule has 19 heavy (non-hydrogen) atoms. The van der Waals surface area contributed by atoms with Crippen LogP contribution in [0.4, 0.5) is 10.1 Å². The Hall–Kier alpha value is -1.62. The topological polar surface area (TPSA) is 50.4 Å². The fourth-order valence-corrected chi connectivity index (χ4v) is 2.19. The zero-order valence-electron chi connectivity index (χ0n) is 10.8. The van der Waals surface area contributed by atoms with Crippen LogP contribution in [-0.4, -0.2) is 31.8 Å². The van der Waals surface area contributed by atoms with Crippen molar-refractivity contribution in [2.45, 2.75) is 25.3 Å². The van der Waals surface area contributed by atoms with Gasteiger partial charge in [0, 0.05) is 24.2 Å². The molecule has 0 saturated carbocycles. The van der Waals surface area contributed by atoms with Gasteiger partial charge < -0.3 is 15.4 Å². The number of amides is 1. The molecule has 5 heteroatoms. The molecule has 1 heterocycles. The van der Waals surface area contributed by atoms with Gasteiger partial charge in [-0.05, 0) is 31.5 Å². The Morgan fingerprint density at radius 2 is 2.42 bits per heavy atom. The first kappa shape index (κ1) is 13.8. The van der Waals surface area contributed by atoms with Crippen molar-refractivity contribution in [1.29, 1.82) is 0 Å². The molecule has 2 rings (SSSR count). The summed E-state index contributed by atoms with van der Waals surface area (Å²) in [5.74, 6) is 0.552. The molecular formula is C14H19FN2O2. The maximum Gasteiger partial charge on any atom is 0.225 e. The van der Waals surface area contributed by atoms with Gasteiger partial charge in [0.25, 0.3) is 0 Å². The fourth-order valence-electron chi connectivity index (χ4n) is 2.19. The number of benzene rings is 1. The molecule has 1 aliphatic heterocycles. The molecule has 1 aromatic rings. The highest BCUT2D eigenvalue weighted by molar-refractivity contribution is 5.91. The number of carbonyl (C=O) groups is 1. The summed E-state index contributed by atoms with van der Waals surface area (Å²) >= 11 is 0. The van der Waals surface area contributed by atoms with Crippen LogP contribution in [0.2, 0.25) is 0 Å². The predicted octanol–water partition coefficient (Wildman–Crippen LogP) is 2.12. The Labute approximate surface area is 112 Å². The average molecular weight is 266 g/mol. The molecular weight excluding hydrogens is 247 g/mol. The third-order valence-corrected chi connectivity index (χ3v) is 3.06. The van der Waals surface area contributed by atoms with Gasteiger partial charge in [-0.1, -0.05) is 6.07 Å². The smallest absolute Gasteiger partial charge is 0.225 e. The van der Waals surface area contributed by atoms with Gasteiger partial charge >= 0.3 is 0 Å². The minimum atomic E-state index is -0.524. The van der Waals surface area contributed by atoms with Crippen LogP contribution in [-0.2, 0) is 4.79 Å². The van der Waals surface area contributed by atoms with Gasteiger partial charge in [0.2, 0.25) is 5.91 Å². The van der Waals surface area contributed by atoms with Crippen molar-refractivity contribution < 1.29 is 13.9 Å². The van der Waals surface area contributed by atoms with Crippen molar-refractivity contribution in [3.63, 3.8) is 0 Å². The van der Waals surface area contributed by atoms with Crippen LogP contribution >= 0.6 is 0 Å². The normalized spacial score (nSPS) is 18.3. The zero-order chi connectivity index (χ0) is 13.5.